The SMILES string of the molecule is Cc1ccc(C(C)(O)CNC(=O)c2cnn(C(C)(C)C)c2)o1. The molecule has 0 spiro atoms. The van der Waals surface area contributed by atoms with Crippen LogP contribution in [0.25, 0.3) is 0 Å². The number of furan rings is 1. The fourth-order valence-corrected chi connectivity index (χ4v) is 1.97. The number of aryl methyl sites for hydroxylation is 1. The largest absolute Gasteiger partial charge is 0.463 e. The monoisotopic (exact) mass is 305 g/mol. The first-order valence-electron chi connectivity index (χ1n) is 7.22. The van der Waals surface area contributed by atoms with Crippen LogP contribution in [-0.4, -0.2) is 27.3 Å². The molecule has 0 aromatic carbocycles. The van der Waals surface area contributed by atoms with Crippen LogP contribution in [0.2, 0.25) is 0 Å². The molecule has 0 saturated carbocycles. The maximum Gasteiger partial charge on any atom is 0.254 e. The molecule has 2 N–H and O–H groups in total. The lowest BCUT2D eigenvalue weighted by molar-refractivity contribution is 0.0323. The third-order valence-electron chi connectivity index (χ3n) is 3.40. The second-order valence-corrected chi connectivity index (χ2v) is 6.71. The normalized spacial score (nSPS) is 14.6. The van der Waals surface area contributed by atoms with Crippen molar-refractivity contribution in [2.75, 3.05) is 6.54 Å². The van der Waals surface area contributed by atoms with Crippen LogP contribution in [0.3, 0.4) is 0 Å². The highest BCUT2D eigenvalue weighted by molar-refractivity contribution is 5.93. The average molecular weight is 305 g/mol. The average Bonchev–Trinajstić information content (AvgIpc) is 3.04. The summed E-state index contributed by atoms with van der Waals surface area (Å²) in [6, 6.07) is 3.48. The molecule has 2 heterocycles. The number of carbonyl (C=O) groups is 1. The molecule has 2 rings (SSSR count). The van der Waals surface area contributed by atoms with E-state index in [1.807, 2.05) is 20.8 Å². The molecule has 1 unspecified atom stereocenters. The van der Waals surface area contributed by atoms with Gasteiger partial charge in [-0.3, -0.25) is 9.48 Å². The van der Waals surface area contributed by atoms with Crippen molar-refractivity contribution in [1.29, 1.82) is 0 Å². The molecular weight excluding hydrogens is 282 g/mol. The number of nitrogens with one attached hydrogen (secondary N) is 1. The zero-order chi connectivity index (χ0) is 16.5. The van der Waals surface area contributed by atoms with Gasteiger partial charge in [-0.2, -0.15) is 5.10 Å². The molecule has 2 aromatic heterocycles. The van der Waals surface area contributed by atoms with E-state index in [4.69, 9.17) is 4.42 Å². The summed E-state index contributed by atoms with van der Waals surface area (Å²) in [6.45, 7) is 9.48. The molecule has 0 aliphatic rings. The second kappa shape index (κ2) is 5.61. The lowest BCUT2D eigenvalue weighted by Crippen LogP contribution is -2.38. The highest BCUT2D eigenvalue weighted by atomic mass is 16.4. The van der Waals surface area contributed by atoms with Crippen LogP contribution in [-0.2, 0) is 11.1 Å². The van der Waals surface area contributed by atoms with Gasteiger partial charge in [0.15, 0.2) is 0 Å². The summed E-state index contributed by atoms with van der Waals surface area (Å²) in [6.07, 6.45) is 3.22. The first-order chi connectivity index (χ1) is 10.1. The van der Waals surface area contributed by atoms with E-state index in [1.54, 1.807) is 36.9 Å². The Morgan fingerprint density at radius 2 is 2.05 bits per heavy atom. The maximum atomic E-state index is 12.2. The van der Waals surface area contributed by atoms with Crippen LogP contribution >= 0.6 is 0 Å². The molecule has 2 aromatic rings. The first kappa shape index (κ1) is 16.3. The van der Waals surface area contributed by atoms with E-state index in [-0.39, 0.29) is 18.0 Å². The lowest BCUT2D eigenvalue weighted by Gasteiger charge is -2.21. The van der Waals surface area contributed by atoms with Gasteiger partial charge >= 0.3 is 0 Å². The Morgan fingerprint density at radius 1 is 1.36 bits per heavy atom. The van der Waals surface area contributed by atoms with Crippen molar-refractivity contribution in [3.8, 4) is 0 Å². The highest BCUT2D eigenvalue weighted by Gasteiger charge is 2.28. The minimum absolute atomic E-state index is 0.0550. The van der Waals surface area contributed by atoms with Crippen LogP contribution in [0, 0.1) is 6.92 Å². The van der Waals surface area contributed by atoms with Crippen molar-refractivity contribution in [3.63, 3.8) is 0 Å². The predicted octanol–water partition coefficient (Wildman–Crippen LogP) is 2.18. The molecule has 0 radical (unpaired) electrons. The number of amides is 1. The molecule has 1 amide bonds. The number of aromatic nitrogens is 2. The summed E-state index contributed by atoms with van der Waals surface area (Å²) >= 11 is 0. The van der Waals surface area contributed by atoms with E-state index >= 15 is 0 Å². The molecule has 0 bridgehead atoms. The van der Waals surface area contributed by atoms with Crippen molar-refractivity contribution >= 4 is 5.91 Å². The van der Waals surface area contributed by atoms with E-state index in [0.717, 1.165) is 0 Å². The van der Waals surface area contributed by atoms with Crippen LogP contribution < -0.4 is 5.32 Å². The van der Waals surface area contributed by atoms with Gasteiger partial charge in [-0.25, -0.2) is 0 Å². The van der Waals surface area contributed by atoms with Gasteiger partial charge in [-0.05, 0) is 46.8 Å². The summed E-state index contributed by atoms with van der Waals surface area (Å²) in [5, 5.41) is 17.3. The maximum absolute atomic E-state index is 12.2. The zero-order valence-corrected chi connectivity index (χ0v) is 13.7. The number of rotatable bonds is 4. The van der Waals surface area contributed by atoms with Gasteiger partial charge in [0.25, 0.3) is 5.91 Å². The van der Waals surface area contributed by atoms with E-state index in [9.17, 15) is 9.90 Å². The van der Waals surface area contributed by atoms with Gasteiger partial charge in [0.2, 0.25) is 0 Å². The van der Waals surface area contributed by atoms with Crippen LogP contribution in [0.1, 0.15) is 49.6 Å². The summed E-state index contributed by atoms with van der Waals surface area (Å²) in [7, 11) is 0. The van der Waals surface area contributed by atoms with E-state index < -0.39 is 5.60 Å². The molecule has 0 saturated heterocycles. The molecular formula is C16H23N3O3. The fraction of sp³-hybridized carbons (Fsp3) is 0.500. The third-order valence-corrected chi connectivity index (χ3v) is 3.40. The van der Waals surface area contributed by atoms with Crippen LogP contribution in [0.15, 0.2) is 28.9 Å². The Bertz CT molecular complexity index is 662. The second-order valence-electron chi connectivity index (χ2n) is 6.71. The summed E-state index contributed by atoms with van der Waals surface area (Å²) in [4.78, 5) is 12.2. The van der Waals surface area contributed by atoms with Gasteiger partial charge in [0.1, 0.15) is 17.1 Å². The van der Waals surface area contributed by atoms with Crippen LogP contribution in [0.5, 0.6) is 0 Å². The standard InChI is InChI=1S/C16H23N3O3/c1-11-6-7-13(22-11)16(5,21)10-17-14(20)12-8-18-19(9-12)15(2,3)4/h6-9,21H,10H2,1-5H3,(H,17,20). The third kappa shape index (κ3) is 3.57. The van der Waals surface area contributed by atoms with Gasteiger partial charge in [0, 0.05) is 6.20 Å². The topological polar surface area (TPSA) is 80.3 Å². The summed E-state index contributed by atoms with van der Waals surface area (Å²) in [5.41, 5.74) is -0.985. The van der Waals surface area contributed by atoms with Gasteiger partial charge in [-0.15, -0.1) is 0 Å². The summed E-state index contributed by atoms with van der Waals surface area (Å²) < 4.78 is 7.15. The van der Waals surface area contributed by atoms with Crippen molar-refractivity contribution < 1.29 is 14.3 Å². The van der Waals surface area contributed by atoms with E-state index in [0.29, 0.717) is 17.1 Å². The van der Waals surface area contributed by atoms with Crippen LogP contribution in [0.4, 0.5) is 0 Å². The Kier molecular flexibility index (Phi) is 4.15. The Balaban J connectivity index is 2.02. The van der Waals surface area contributed by atoms with Gasteiger partial charge in [-0.1, -0.05) is 0 Å². The quantitative estimate of drug-likeness (QED) is 0.907. The molecule has 6 nitrogen and oxygen atoms in total. The summed E-state index contributed by atoms with van der Waals surface area (Å²) in [5.74, 6) is 0.864. The molecule has 0 fully saturated rings. The highest BCUT2D eigenvalue weighted by Crippen LogP contribution is 2.22. The minimum atomic E-state index is -1.26. The first-order valence-corrected chi connectivity index (χ1v) is 7.22. The van der Waals surface area contributed by atoms with Crippen molar-refractivity contribution in [3.05, 3.63) is 41.6 Å². The predicted molar refractivity (Wildman–Crippen MR) is 82.6 cm³/mol. The Hall–Kier alpha value is -2.08. The lowest BCUT2D eigenvalue weighted by atomic mass is 10.0. The molecule has 120 valence electrons. The van der Waals surface area contributed by atoms with Gasteiger partial charge in [0.05, 0.1) is 23.8 Å². The minimum Gasteiger partial charge on any atom is -0.463 e. The Labute approximate surface area is 130 Å². The zero-order valence-electron chi connectivity index (χ0n) is 13.7. The molecule has 6 heteroatoms. The van der Waals surface area contributed by atoms with Crippen molar-refractivity contribution in [1.82, 2.24) is 15.1 Å². The van der Waals surface area contributed by atoms with E-state index in [2.05, 4.69) is 10.4 Å². The number of nitrogens with zero attached hydrogens (tertiary/aromatic N) is 2. The fourth-order valence-electron chi connectivity index (χ4n) is 1.97. The Morgan fingerprint density at radius 3 is 2.55 bits per heavy atom. The number of aliphatic hydroxyl groups is 1. The van der Waals surface area contributed by atoms with Crippen molar-refractivity contribution in [2.45, 2.75) is 45.8 Å². The van der Waals surface area contributed by atoms with Crippen molar-refractivity contribution in [2.24, 2.45) is 0 Å². The number of carbonyl (C=O) groups excluding carboxylic acids is 1. The van der Waals surface area contributed by atoms with E-state index in [1.165, 1.54) is 6.20 Å². The number of hydrogen-bond donors (Lipinski definition) is 2. The molecule has 0 aliphatic carbocycles. The molecule has 22 heavy (non-hydrogen) atoms. The number of hydrogen-bond acceptors (Lipinski definition) is 4. The smallest absolute Gasteiger partial charge is 0.254 e. The molecule has 1 atom stereocenters. The molecule has 0 aliphatic heterocycles. The van der Waals surface area contributed by atoms with Gasteiger partial charge < -0.3 is 14.8 Å².